The van der Waals surface area contributed by atoms with Crippen LogP contribution < -0.4 is 11.1 Å². The van der Waals surface area contributed by atoms with Crippen LogP contribution in [0.25, 0.3) is 0 Å². The minimum Gasteiger partial charge on any atom is -0.399 e. The number of benzene rings is 2. The minimum atomic E-state index is -0.382. The van der Waals surface area contributed by atoms with Gasteiger partial charge in [-0.2, -0.15) is 0 Å². The third-order valence-corrected chi connectivity index (χ3v) is 2.45. The van der Waals surface area contributed by atoms with Crippen LogP contribution in [0.15, 0.2) is 42.5 Å². The van der Waals surface area contributed by atoms with Crippen LogP contribution in [0.2, 0.25) is 0 Å². The van der Waals surface area contributed by atoms with Crippen molar-refractivity contribution in [2.45, 2.75) is 6.61 Å². The van der Waals surface area contributed by atoms with E-state index in [2.05, 4.69) is 5.32 Å². The summed E-state index contributed by atoms with van der Waals surface area (Å²) < 4.78 is 13.5. The third kappa shape index (κ3) is 2.54. The molecule has 0 heterocycles. The van der Waals surface area contributed by atoms with Crippen LogP contribution in [0.4, 0.5) is 21.5 Å². The summed E-state index contributed by atoms with van der Waals surface area (Å²) in [5.74, 6) is -0.382. The Morgan fingerprint density at radius 3 is 2.65 bits per heavy atom. The summed E-state index contributed by atoms with van der Waals surface area (Å²) in [6.45, 7) is -0.104. The molecular weight excluding hydrogens is 219 g/mol. The van der Waals surface area contributed by atoms with Gasteiger partial charge in [-0.05, 0) is 24.3 Å². The van der Waals surface area contributed by atoms with E-state index in [0.29, 0.717) is 22.6 Å². The van der Waals surface area contributed by atoms with E-state index >= 15 is 0 Å². The first-order chi connectivity index (χ1) is 8.20. The predicted molar refractivity (Wildman–Crippen MR) is 66.5 cm³/mol. The Hall–Kier alpha value is -2.07. The standard InChI is InChI=1S/C13H13FN2O/c14-11-6-5-10(15)7-13(11)16-12-4-2-1-3-9(12)8-17/h1-7,16-17H,8,15H2. The van der Waals surface area contributed by atoms with Crippen LogP contribution in [0.1, 0.15) is 5.56 Å². The van der Waals surface area contributed by atoms with Gasteiger partial charge in [-0.25, -0.2) is 4.39 Å². The van der Waals surface area contributed by atoms with Crippen LogP contribution >= 0.6 is 0 Å². The van der Waals surface area contributed by atoms with E-state index in [1.54, 1.807) is 12.1 Å². The number of anilines is 3. The third-order valence-electron chi connectivity index (χ3n) is 2.45. The Morgan fingerprint density at radius 1 is 1.12 bits per heavy atom. The smallest absolute Gasteiger partial charge is 0.146 e. The van der Waals surface area contributed by atoms with Crippen molar-refractivity contribution in [3.63, 3.8) is 0 Å². The van der Waals surface area contributed by atoms with Crippen molar-refractivity contribution in [3.05, 3.63) is 53.8 Å². The summed E-state index contributed by atoms with van der Waals surface area (Å²) in [6.07, 6.45) is 0. The average molecular weight is 232 g/mol. The quantitative estimate of drug-likeness (QED) is 0.713. The fraction of sp³-hybridized carbons (Fsp3) is 0.0769. The highest BCUT2D eigenvalue weighted by Crippen LogP contribution is 2.24. The van der Waals surface area contributed by atoms with E-state index in [0.717, 1.165) is 0 Å². The summed E-state index contributed by atoms with van der Waals surface area (Å²) in [7, 11) is 0. The molecule has 0 amide bonds. The van der Waals surface area contributed by atoms with Gasteiger partial charge in [-0.1, -0.05) is 18.2 Å². The second kappa shape index (κ2) is 4.84. The highest BCUT2D eigenvalue weighted by molar-refractivity contribution is 5.66. The minimum absolute atomic E-state index is 0.104. The molecule has 2 rings (SSSR count). The van der Waals surface area contributed by atoms with Crippen molar-refractivity contribution in [2.75, 3.05) is 11.1 Å². The Balaban J connectivity index is 2.34. The van der Waals surface area contributed by atoms with Gasteiger partial charge in [-0.15, -0.1) is 0 Å². The summed E-state index contributed by atoms with van der Waals surface area (Å²) in [6, 6.07) is 11.5. The molecule has 0 saturated carbocycles. The van der Waals surface area contributed by atoms with E-state index in [1.165, 1.54) is 18.2 Å². The van der Waals surface area contributed by atoms with E-state index in [-0.39, 0.29) is 12.4 Å². The number of rotatable bonds is 3. The van der Waals surface area contributed by atoms with Crippen LogP contribution in [0.5, 0.6) is 0 Å². The van der Waals surface area contributed by atoms with Crippen molar-refractivity contribution in [1.82, 2.24) is 0 Å². The molecule has 0 fully saturated rings. The molecule has 0 spiro atoms. The van der Waals surface area contributed by atoms with Gasteiger partial charge in [0.25, 0.3) is 0 Å². The maximum absolute atomic E-state index is 13.5. The van der Waals surface area contributed by atoms with E-state index in [9.17, 15) is 4.39 Å². The SMILES string of the molecule is Nc1ccc(F)c(Nc2ccccc2CO)c1. The first-order valence-corrected chi connectivity index (χ1v) is 5.21. The van der Waals surface area contributed by atoms with Crippen LogP contribution in [0.3, 0.4) is 0 Å². The number of nitrogens with one attached hydrogen (secondary N) is 1. The number of aliphatic hydroxyl groups is 1. The number of aliphatic hydroxyl groups excluding tert-OH is 1. The molecule has 0 radical (unpaired) electrons. The highest BCUT2D eigenvalue weighted by Gasteiger charge is 2.05. The van der Waals surface area contributed by atoms with Gasteiger partial charge < -0.3 is 16.2 Å². The Labute approximate surface area is 98.7 Å². The molecule has 4 N–H and O–H groups in total. The summed E-state index contributed by atoms with van der Waals surface area (Å²) in [5.41, 5.74) is 7.74. The largest absolute Gasteiger partial charge is 0.399 e. The second-order valence-electron chi connectivity index (χ2n) is 3.68. The predicted octanol–water partition coefficient (Wildman–Crippen LogP) is 2.64. The normalized spacial score (nSPS) is 10.2. The number of hydrogen-bond donors (Lipinski definition) is 3. The molecule has 4 heteroatoms. The lowest BCUT2D eigenvalue weighted by Gasteiger charge is -2.11. The molecule has 3 nitrogen and oxygen atoms in total. The lowest BCUT2D eigenvalue weighted by atomic mass is 10.1. The first kappa shape index (κ1) is 11.4. The van der Waals surface area contributed by atoms with E-state index in [4.69, 9.17) is 10.8 Å². The summed E-state index contributed by atoms with van der Waals surface area (Å²) in [5, 5.41) is 12.1. The van der Waals surface area contributed by atoms with E-state index in [1.807, 2.05) is 12.1 Å². The zero-order chi connectivity index (χ0) is 12.3. The highest BCUT2D eigenvalue weighted by atomic mass is 19.1. The molecule has 0 saturated heterocycles. The maximum Gasteiger partial charge on any atom is 0.146 e. The van der Waals surface area contributed by atoms with Crippen LogP contribution in [-0.4, -0.2) is 5.11 Å². The first-order valence-electron chi connectivity index (χ1n) is 5.21. The lowest BCUT2D eigenvalue weighted by Crippen LogP contribution is -1.99. The monoisotopic (exact) mass is 232 g/mol. The van der Waals surface area contributed by atoms with Crippen LogP contribution in [0, 0.1) is 5.82 Å². The average Bonchev–Trinajstić information content (AvgIpc) is 2.34. The fourth-order valence-electron chi connectivity index (χ4n) is 1.56. The molecule has 0 aromatic heterocycles. The van der Waals surface area contributed by atoms with Gasteiger partial charge in [0, 0.05) is 16.9 Å². The molecule has 0 bridgehead atoms. The van der Waals surface area contributed by atoms with Gasteiger partial charge in [0.1, 0.15) is 5.82 Å². The molecule has 17 heavy (non-hydrogen) atoms. The van der Waals surface area contributed by atoms with Gasteiger partial charge in [0.2, 0.25) is 0 Å². The van der Waals surface area contributed by atoms with Gasteiger partial charge in [0.05, 0.1) is 12.3 Å². The van der Waals surface area contributed by atoms with Gasteiger partial charge in [0.15, 0.2) is 0 Å². The topological polar surface area (TPSA) is 58.3 Å². The molecule has 0 aliphatic heterocycles. The van der Waals surface area contributed by atoms with Crippen molar-refractivity contribution in [2.24, 2.45) is 0 Å². The molecule has 2 aromatic rings. The van der Waals surface area contributed by atoms with Crippen LogP contribution in [-0.2, 0) is 6.61 Å². The molecule has 0 atom stereocenters. The zero-order valence-corrected chi connectivity index (χ0v) is 9.15. The molecule has 0 unspecified atom stereocenters. The maximum atomic E-state index is 13.5. The number of para-hydroxylation sites is 1. The number of nitrogen functional groups attached to an aromatic ring is 1. The number of halogens is 1. The zero-order valence-electron chi connectivity index (χ0n) is 9.15. The van der Waals surface area contributed by atoms with Crippen molar-refractivity contribution in [3.8, 4) is 0 Å². The van der Waals surface area contributed by atoms with Crippen molar-refractivity contribution >= 4 is 17.1 Å². The van der Waals surface area contributed by atoms with E-state index < -0.39 is 0 Å². The second-order valence-corrected chi connectivity index (χ2v) is 3.68. The Kier molecular flexibility index (Phi) is 3.25. The summed E-state index contributed by atoms with van der Waals surface area (Å²) in [4.78, 5) is 0. The lowest BCUT2D eigenvalue weighted by molar-refractivity contribution is 0.282. The van der Waals surface area contributed by atoms with Crippen molar-refractivity contribution in [1.29, 1.82) is 0 Å². The Bertz CT molecular complexity index is 529. The molecular formula is C13H13FN2O. The molecule has 0 aliphatic carbocycles. The van der Waals surface area contributed by atoms with Crippen molar-refractivity contribution < 1.29 is 9.50 Å². The van der Waals surface area contributed by atoms with Gasteiger partial charge in [-0.3, -0.25) is 0 Å². The molecule has 88 valence electrons. The fourth-order valence-corrected chi connectivity index (χ4v) is 1.56. The number of hydrogen-bond acceptors (Lipinski definition) is 3. The molecule has 0 aliphatic rings. The Morgan fingerprint density at radius 2 is 1.88 bits per heavy atom. The summed E-state index contributed by atoms with van der Waals surface area (Å²) >= 11 is 0. The number of nitrogens with two attached hydrogens (primary N) is 1. The molecule has 2 aromatic carbocycles. The van der Waals surface area contributed by atoms with Gasteiger partial charge >= 0.3 is 0 Å².